The summed E-state index contributed by atoms with van der Waals surface area (Å²) in [6.07, 6.45) is 6.29. The monoisotopic (exact) mass is 282 g/mol. The number of nitrogens with one attached hydrogen (secondary N) is 2. The molecule has 0 radical (unpaired) electrons. The van der Waals surface area contributed by atoms with Crippen LogP contribution in [0.2, 0.25) is 0 Å². The average Bonchev–Trinajstić information content (AvgIpc) is 2.92. The highest BCUT2D eigenvalue weighted by molar-refractivity contribution is 5.19. The molecule has 1 aliphatic carbocycles. The minimum absolute atomic E-state index is 0.479. The number of ether oxygens (including phenoxy) is 1. The van der Waals surface area contributed by atoms with Gasteiger partial charge >= 0.3 is 6.01 Å². The van der Waals surface area contributed by atoms with Crippen LogP contribution in [0.25, 0.3) is 0 Å². The smallest absolute Gasteiger partial charge is 0.315 e. The zero-order chi connectivity index (χ0) is 14.2. The molecule has 0 amide bonds. The summed E-state index contributed by atoms with van der Waals surface area (Å²) < 4.78 is 10.5. The number of anilines is 1. The molecule has 6 heteroatoms. The average molecular weight is 282 g/mol. The minimum atomic E-state index is 0.479. The van der Waals surface area contributed by atoms with Gasteiger partial charge in [0.15, 0.2) is 0 Å². The Hall–Kier alpha value is -1.14. The summed E-state index contributed by atoms with van der Waals surface area (Å²) in [4.78, 5) is 0. The minimum Gasteiger partial charge on any atom is -0.407 e. The molecule has 114 valence electrons. The number of rotatable bonds is 8. The predicted molar refractivity (Wildman–Crippen MR) is 77.5 cm³/mol. The van der Waals surface area contributed by atoms with Gasteiger partial charge in [0, 0.05) is 19.7 Å². The summed E-state index contributed by atoms with van der Waals surface area (Å²) >= 11 is 0. The lowest BCUT2D eigenvalue weighted by Crippen LogP contribution is -2.26. The van der Waals surface area contributed by atoms with Crippen molar-refractivity contribution in [1.29, 1.82) is 0 Å². The van der Waals surface area contributed by atoms with E-state index in [0.29, 0.717) is 31.1 Å². The molecule has 2 rings (SSSR count). The van der Waals surface area contributed by atoms with Crippen molar-refractivity contribution >= 4 is 6.01 Å². The number of hydrogen-bond acceptors (Lipinski definition) is 6. The normalized spacial score (nSPS) is 22.9. The Balaban J connectivity index is 1.70. The van der Waals surface area contributed by atoms with E-state index in [1.165, 1.54) is 32.1 Å². The molecule has 0 saturated heterocycles. The molecule has 0 aliphatic heterocycles. The molecule has 2 N–H and O–H groups in total. The van der Waals surface area contributed by atoms with E-state index in [9.17, 15) is 0 Å². The Kier molecular flexibility index (Phi) is 6.26. The van der Waals surface area contributed by atoms with Gasteiger partial charge in [-0.05, 0) is 31.6 Å². The van der Waals surface area contributed by atoms with E-state index < -0.39 is 0 Å². The molecular weight excluding hydrogens is 256 g/mol. The molecule has 1 saturated carbocycles. The lowest BCUT2D eigenvalue weighted by atomic mass is 9.85. The van der Waals surface area contributed by atoms with Gasteiger partial charge in [-0.15, -0.1) is 5.10 Å². The topological polar surface area (TPSA) is 72.2 Å². The molecule has 1 heterocycles. The Bertz CT molecular complexity index is 375. The van der Waals surface area contributed by atoms with Gasteiger partial charge in [-0.3, -0.25) is 0 Å². The Morgan fingerprint density at radius 2 is 2.05 bits per heavy atom. The predicted octanol–water partition coefficient (Wildman–Crippen LogP) is 2.19. The third-order valence-electron chi connectivity index (χ3n) is 3.98. The van der Waals surface area contributed by atoms with Gasteiger partial charge in [0.25, 0.3) is 0 Å². The summed E-state index contributed by atoms with van der Waals surface area (Å²) in [5.41, 5.74) is 0. The van der Waals surface area contributed by atoms with Crippen LogP contribution in [0.4, 0.5) is 6.01 Å². The van der Waals surface area contributed by atoms with Crippen molar-refractivity contribution in [2.24, 2.45) is 5.92 Å². The van der Waals surface area contributed by atoms with E-state index in [0.717, 1.165) is 12.5 Å². The summed E-state index contributed by atoms with van der Waals surface area (Å²) in [6, 6.07) is 1.03. The maximum absolute atomic E-state index is 5.58. The maximum atomic E-state index is 5.58. The van der Waals surface area contributed by atoms with Crippen molar-refractivity contribution < 1.29 is 9.15 Å². The zero-order valence-corrected chi connectivity index (χ0v) is 12.5. The van der Waals surface area contributed by atoms with E-state index >= 15 is 0 Å². The molecule has 0 aromatic carbocycles. The Morgan fingerprint density at radius 3 is 2.75 bits per heavy atom. The van der Waals surface area contributed by atoms with Gasteiger partial charge in [-0.1, -0.05) is 18.4 Å². The molecule has 0 unspecified atom stereocenters. The fraction of sp³-hybridized carbons (Fsp3) is 0.857. The lowest BCUT2D eigenvalue weighted by Gasteiger charge is -2.27. The zero-order valence-electron chi connectivity index (χ0n) is 12.5. The molecule has 20 heavy (non-hydrogen) atoms. The first-order chi connectivity index (χ1) is 9.81. The van der Waals surface area contributed by atoms with Gasteiger partial charge in [-0.25, -0.2) is 0 Å². The van der Waals surface area contributed by atoms with E-state index in [4.69, 9.17) is 9.15 Å². The Labute approximate surface area is 120 Å². The molecule has 1 aliphatic rings. The fourth-order valence-corrected chi connectivity index (χ4v) is 2.64. The first-order valence-electron chi connectivity index (χ1n) is 7.60. The summed E-state index contributed by atoms with van der Waals surface area (Å²) in [5, 5.41) is 14.6. The molecule has 0 spiro atoms. The fourth-order valence-electron chi connectivity index (χ4n) is 2.64. The van der Waals surface area contributed by atoms with Crippen LogP contribution < -0.4 is 10.6 Å². The quantitative estimate of drug-likeness (QED) is 0.712. The van der Waals surface area contributed by atoms with Crippen molar-refractivity contribution in [3.05, 3.63) is 5.89 Å². The van der Waals surface area contributed by atoms with Crippen LogP contribution in [0.1, 0.15) is 44.9 Å². The maximum Gasteiger partial charge on any atom is 0.315 e. The van der Waals surface area contributed by atoms with Crippen LogP contribution in [0, 0.1) is 5.92 Å². The summed E-state index contributed by atoms with van der Waals surface area (Å²) in [7, 11) is 1.68. The molecule has 6 nitrogen and oxygen atoms in total. The standard InChI is InChI=1S/C14H26N4O2/c1-3-11-4-6-12(7-5-11)16-14-18-17-13(20-14)10-15-8-9-19-2/h11-12,15H,3-10H2,1-2H3,(H,16,18). The van der Waals surface area contributed by atoms with Gasteiger partial charge in [0.2, 0.25) is 5.89 Å². The second-order valence-corrected chi connectivity index (χ2v) is 5.44. The van der Waals surface area contributed by atoms with E-state index in [2.05, 4.69) is 27.8 Å². The number of nitrogens with zero attached hydrogens (tertiary/aromatic N) is 2. The first-order valence-corrected chi connectivity index (χ1v) is 7.60. The second-order valence-electron chi connectivity index (χ2n) is 5.44. The third kappa shape index (κ3) is 4.76. The summed E-state index contributed by atoms with van der Waals surface area (Å²) in [5.74, 6) is 1.52. The van der Waals surface area contributed by atoms with Crippen molar-refractivity contribution in [2.75, 3.05) is 25.6 Å². The lowest BCUT2D eigenvalue weighted by molar-refractivity contribution is 0.198. The van der Waals surface area contributed by atoms with Gasteiger partial charge < -0.3 is 19.8 Å². The molecule has 1 aromatic rings. The van der Waals surface area contributed by atoms with Crippen LogP contribution in [-0.4, -0.2) is 36.5 Å². The largest absolute Gasteiger partial charge is 0.407 e. The molecular formula is C14H26N4O2. The van der Waals surface area contributed by atoms with Crippen LogP contribution in [-0.2, 0) is 11.3 Å². The van der Waals surface area contributed by atoms with E-state index in [1.54, 1.807) is 7.11 Å². The highest BCUT2D eigenvalue weighted by Gasteiger charge is 2.21. The van der Waals surface area contributed by atoms with Crippen molar-refractivity contribution in [1.82, 2.24) is 15.5 Å². The van der Waals surface area contributed by atoms with Gasteiger partial charge in [-0.2, -0.15) is 0 Å². The second kappa shape index (κ2) is 8.21. The number of methoxy groups -OCH3 is 1. The van der Waals surface area contributed by atoms with Crippen molar-refractivity contribution in [3.63, 3.8) is 0 Å². The SMILES string of the molecule is CCC1CCC(Nc2nnc(CNCCOC)o2)CC1. The van der Waals surface area contributed by atoms with Crippen LogP contribution in [0.3, 0.4) is 0 Å². The molecule has 0 atom stereocenters. The van der Waals surface area contributed by atoms with E-state index in [-0.39, 0.29) is 0 Å². The summed E-state index contributed by atoms with van der Waals surface area (Å²) in [6.45, 7) is 4.32. The van der Waals surface area contributed by atoms with Crippen LogP contribution >= 0.6 is 0 Å². The van der Waals surface area contributed by atoms with Crippen LogP contribution in [0.5, 0.6) is 0 Å². The van der Waals surface area contributed by atoms with Crippen LogP contribution in [0.15, 0.2) is 4.42 Å². The van der Waals surface area contributed by atoms with Gasteiger partial charge in [0.05, 0.1) is 13.2 Å². The van der Waals surface area contributed by atoms with E-state index in [1.807, 2.05) is 0 Å². The number of aromatic nitrogens is 2. The molecule has 1 fully saturated rings. The number of hydrogen-bond donors (Lipinski definition) is 2. The molecule has 0 bridgehead atoms. The highest BCUT2D eigenvalue weighted by Crippen LogP contribution is 2.28. The van der Waals surface area contributed by atoms with Crippen molar-refractivity contribution in [2.45, 2.75) is 51.6 Å². The van der Waals surface area contributed by atoms with Crippen molar-refractivity contribution in [3.8, 4) is 0 Å². The van der Waals surface area contributed by atoms with Gasteiger partial charge in [0.1, 0.15) is 0 Å². The first kappa shape index (κ1) is 15.3. The Morgan fingerprint density at radius 1 is 1.25 bits per heavy atom. The molecule has 1 aromatic heterocycles. The highest BCUT2D eigenvalue weighted by atomic mass is 16.5. The third-order valence-corrected chi connectivity index (χ3v) is 3.98.